The Morgan fingerprint density at radius 3 is 2.03 bits per heavy atom. The Kier molecular flexibility index (Phi) is 7.73. The molecule has 6 nitrogen and oxygen atoms in total. The van der Waals surface area contributed by atoms with Gasteiger partial charge in [-0.15, -0.1) is 0 Å². The Balaban J connectivity index is 2.25. The van der Waals surface area contributed by atoms with Crippen molar-refractivity contribution in [2.75, 3.05) is 18.4 Å². The molecule has 0 aliphatic rings. The average Bonchev–Trinajstić information content (AvgIpc) is 2.64. The van der Waals surface area contributed by atoms with Gasteiger partial charge in [-0.3, -0.25) is 9.10 Å². The van der Waals surface area contributed by atoms with Crippen LogP contribution in [0.1, 0.15) is 57.0 Å². The van der Waals surface area contributed by atoms with Crippen LogP contribution < -0.4 is 9.62 Å². The molecule has 32 heavy (non-hydrogen) atoms. The van der Waals surface area contributed by atoms with Crippen molar-refractivity contribution in [3.63, 3.8) is 0 Å². The quantitative estimate of drug-likeness (QED) is 0.623. The molecular weight excluding hydrogens is 429 g/mol. The van der Waals surface area contributed by atoms with Crippen LogP contribution in [0.15, 0.2) is 48.5 Å². The third-order valence-corrected chi connectivity index (χ3v) is 6.63. The molecule has 2 aromatic rings. The van der Waals surface area contributed by atoms with Gasteiger partial charge in [0.15, 0.2) is 0 Å². The van der Waals surface area contributed by atoms with Gasteiger partial charge in [0.2, 0.25) is 0 Å². The number of hydrogen-bond donors (Lipinski definition) is 1. The molecule has 0 fully saturated rings. The molecule has 0 atom stereocenters. The molecule has 1 amide bonds. The van der Waals surface area contributed by atoms with E-state index in [1.807, 2.05) is 13.8 Å². The number of carbonyl (C=O) groups excluding carboxylic acids is 1. The van der Waals surface area contributed by atoms with E-state index in [2.05, 4.69) is 26.1 Å². The van der Waals surface area contributed by atoms with Crippen LogP contribution in [-0.2, 0) is 16.8 Å². The number of carbonyl (C=O) groups is 1. The van der Waals surface area contributed by atoms with Gasteiger partial charge < -0.3 is 5.32 Å². The highest BCUT2D eigenvalue weighted by Gasteiger charge is 2.29. The summed E-state index contributed by atoms with van der Waals surface area (Å²) in [5, 5.41) is 3.06. The number of amides is 1. The van der Waals surface area contributed by atoms with E-state index in [0.29, 0.717) is 11.1 Å². The van der Waals surface area contributed by atoms with Crippen molar-refractivity contribution < 1.29 is 17.6 Å². The highest BCUT2D eigenvalue weighted by molar-refractivity contribution is 7.90. The van der Waals surface area contributed by atoms with E-state index < -0.39 is 16.0 Å². The Labute approximate surface area is 191 Å². The maximum atomic E-state index is 14.4. The average molecular weight is 464 g/mol. The third-order valence-electron chi connectivity index (χ3n) is 4.83. The van der Waals surface area contributed by atoms with Crippen molar-refractivity contribution in [3.8, 4) is 0 Å². The number of hydrogen-bond acceptors (Lipinski definition) is 3. The number of nitrogens with zero attached hydrogens (tertiary/aromatic N) is 2. The number of anilines is 1. The van der Waals surface area contributed by atoms with Gasteiger partial charge in [-0.05, 0) is 55.5 Å². The zero-order valence-electron chi connectivity index (χ0n) is 19.9. The highest BCUT2D eigenvalue weighted by Crippen LogP contribution is 2.28. The predicted molar refractivity (Wildman–Crippen MR) is 127 cm³/mol. The van der Waals surface area contributed by atoms with Crippen LogP contribution in [0.4, 0.5) is 10.1 Å². The Morgan fingerprint density at radius 2 is 1.53 bits per heavy atom. The highest BCUT2D eigenvalue weighted by atomic mass is 32.2. The van der Waals surface area contributed by atoms with Crippen molar-refractivity contribution in [2.24, 2.45) is 5.41 Å². The third kappa shape index (κ3) is 6.77. The SMILES string of the molecule is CN(C)S(=O)(=O)N(Cc1ccc(C(=O)NC(C)(C)CC(C)(C)C)cc1)c1ccccc1F. The van der Waals surface area contributed by atoms with Crippen LogP contribution in [0, 0.1) is 11.2 Å². The van der Waals surface area contributed by atoms with Gasteiger partial charge >= 0.3 is 10.2 Å². The second-order valence-corrected chi connectivity index (χ2v) is 12.1. The predicted octanol–water partition coefficient (Wildman–Crippen LogP) is 4.58. The van der Waals surface area contributed by atoms with Crippen LogP contribution in [0.2, 0.25) is 0 Å². The van der Waals surface area contributed by atoms with Crippen LogP contribution in [0.3, 0.4) is 0 Å². The van der Waals surface area contributed by atoms with Crippen LogP contribution in [-0.4, -0.2) is 38.3 Å². The lowest BCUT2D eigenvalue weighted by Gasteiger charge is -2.33. The second-order valence-electron chi connectivity index (χ2n) is 10.0. The summed E-state index contributed by atoms with van der Waals surface area (Å²) in [5.41, 5.74) is 0.754. The van der Waals surface area contributed by atoms with Crippen molar-refractivity contribution >= 4 is 21.8 Å². The maximum Gasteiger partial charge on any atom is 0.303 e. The molecule has 8 heteroatoms. The van der Waals surface area contributed by atoms with Gasteiger partial charge in [0.25, 0.3) is 5.91 Å². The molecule has 0 heterocycles. The normalized spacial score (nSPS) is 12.7. The molecule has 0 saturated carbocycles. The second kappa shape index (κ2) is 9.58. The molecule has 2 aromatic carbocycles. The molecule has 0 bridgehead atoms. The lowest BCUT2D eigenvalue weighted by molar-refractivity contribution is 0.0891. The first-order valence-corrected chi connectivity index (χ1v) is 11.9. The number of nitrogens with one attached hydrogen (secondary N) is 1. The van der Waals surface area contributed by atoms with Gasteiger partial charge in [-0.25, -0.2) is 4.39 Å². The van der Waals surface area contributed by atoms with Gasteiger partial charge in [0.05, 0.1) is 12.2 Å². The maximum absolute atomic E-state index is 14.4. The molecule has 176 valence electrons. The summed E-state index contributed by atoms with van der Waals surface area (Å²) in [6, 6.07) is 12.4. The summed E-state index contributed by atoms with van der Waals surface area (Å²) >= 11 is 0. The summed E-state index contributed by atoms with van der Waals surface area (Å²) in [4.78, 5) is 12.7. The minimum absolute atomic E-state index is 0.0352. The molecule has 0 unspecified atom stereocenters. The van der Waals surface area contributed by atoms with E-state index in [4.69, 9.17) is 0 Å². The molecule has 0 saturated heterocycles. The molecule has 0 aliphatic carbocycles. The van der Waals surface area contributed by atoms with Crippen LogP contribution in [0.25, 0.3) is 0 Å². The smallest absolute Gasteiger partial charge is 0.303 e. The van der Waals surface area contributed by atoms with Gasteiger partial charge in [-0.1, -0.05) is 45.0 Å². The van der Waals surface area contributed by atoms with Gasteiger partial charge in [0.1, 0.15) is 5.82 Å². The summed E-state index contributed by atoms with van der Waals surface area (Å²) in [6.45, 7) is 10.3. The van der Waals surface area contributed by atoms with Crippen molar-refractivity contribution in [1.29, 1.82) is 0 Å². The fraction of sp³-hybridized carbons (Fsp3) is 0.458. The molecular formula is C24H34FN3O3S. The van der Waals surface area contributed by atoms with Crippen molar-refractivity contribution in [1.82, 2.24) is 9.62 Å². The number of rotatable bonds is 8. The fourth-order valence-corrected chi connectivity index (χ4v) is 4.92. The minimum Gasteiger partial charge on any atom is -0.347 e. The van der Waals surface area contributed by atoms with E-state index in [1.54, 1.807) is 30.3 Å². The van der Waals surface area contributed by atoms with Crippen LogP contribution >= 0.6 is 0 Å². The van der Waals surface area contributed by atoms with Crippen molar-refractivity contribution in [3.05, 3.63) is 65.5 Å². The Hall–Kier alpha value is -2.45. The van der Waals surface area contributed by atoms with E-state index in [9.17, 15) is 17.6 Å². The van der Waals surface area contributed by atoms with E-state index in [0.717, 1.165) is 15.0 Å². The number of halogens is 1. The first-order valence-electron chi connectivity index (χ1n) is 10.5. The zero-order valence-corrected chi connectivity index (χ0v) is 20.8. The molecule has 2 rings (SSSR count). The molecule has 0 radical (unpaired) electrons. The summed E-state index contributed by atoms with van der Waals surface area (Å²) in [6.07, 6.45) is 0.809. The molecule has 1 N–H and O–H groups in total. The number of benzene rings is 2. The fourth-order valence-electron chi connectivity index (χ4n) is 3.82. The summed E-state index contributed by atoms with van der Waals surface area (Å²) < 4.78 is 42.2. The van der Waals surface area contributed by atoms with E-state index in [-0.39, 0.29) is 29.1 Å². The first kappa shape index (κ1) is 25.8. The van der Waals surface area contributed by atoms with Gasteiger partial charge in [0, 0.05) is 25.2 Å². The zero-order chi connectivity index (χ0) is 24.3. The largest absolute Gasteiger partial charge is 0.347 e. The minimum atomic E-state index is -3.93. The molecule has 0 aliphatic heterocycles. The standard InChI is InChI=1S/C24H34FN3O3S/c1-23(2,3)17-24(4,5)26-22(29)19-14-12-18(13-15-19)16-28(32(30,31)27(6)7)21-11-9-8-10-20(21)25/h8-15H,16-17H2,1-7H3,(H,26,29). The Morgan fingerprint density at radius 1 is 0.969 bits per heavy atom. The Bertz CT molecular complexity index is 1040. The van der Waals surface area contributed by atoms with E-state index >= 15 is 0 Å². The topological polar surface area (TPSA) is 69.7 Å². The van der Waals surface area contributed by atoms with E-state index in [1.165, 1.54) is 32.3 Å². The lowest BCUT2D eigenvalue weighted by Crippen LogP contribution is -2.45. The lowest BCUT2D eigenvalue weighted by atomic mass is 9.81. The monoisotopic (exact) mass is 463 g/mol. The van der Waals surface area contributed by atoms with Crippen LogP contribution in [0.5, 0.6) is 0 Å². The van der Waals surface area contributed by atoms with Crippen molar-refractivity contribution in [2.45, 2.75) is 53.1 Å². The molecule has 0 aromatic heterocycles. The molecule has 0 spiro atoms. The summed E-state index contributed by atoms with van der Waals surface area (Å²) in [7, 11) is -1.14. The summed E-state index contributed by atoms with van der Waals surface area (Å²) in [5.74, 6) is -0.826. The number of para-hydroxylation sites is 1. The van der Waals surface area contributed by atoms with Gasteiger partial charge in [-0.2, -0.15) is 12.7 Å². The first-order chi connectivity index (χ1) is 14.6.